The molecule has 2 unspecified atom stereocenters. The first-order valence-electron chi connectivity index (χ1n) is 9.59. The number of hydrogen-bond acceptors (Lipinski definition) is 5. The smallest absolute Gasteiger partial charge is 0.151 e. The van der Waals surface area contributed by atoms with Crippen LogP contribution >= 0.6 is 11.6 Å². The molecule has 0 spiro atoms. The lowest BCUT2D eigenvalue weighted by Crippen LogP contribution is -2.39. The summed E-state index contributed by atoms with van der Waals surface area (Å²) in [4.78, 5) is 2.71. The van der Waals surface area contributed by atoms with Crippen LogP contribution in [-0.2, 0) is 4.74 Å². The number of rotatable bonds is 4. The molecule has 1 aromatic heterocycles. The molecule has 3 fully saturated rings. The first-order valence-corrected chi connectivity index (χ1v) is 9.97. The summed E-state index contributed by atoms with van der Waals surface area (Å²) in [5.41, 5.74) is 0.0626. The standard InChI is InChI=1S/C19H29ClN4O/c1-19(2)9-13(5-6-25-19)10-24-11-14-7-16(8-15(14)12-24)21-18-4-3-17(20)22-23-18/h3-4,13-16H,5-12H2,1-2H3,(H,21,23)/t13?,14-,15?,16+/m1/s1. The van der Waals surface area contributed by atoms with Gasteiger partial charge in [0.2, 0.25) is 0 Å². The van der Waals surface area contributed by atoms with Crippen LogP contribution in [0.4, 0.5) is 5.82 Å². The van der Waals surface area contributed by atoms with E-state index in [1.54, 1.807) is 6.07 Å². The minimum atomic E-state index is 0.0626. The highest BCUT2D eigenvalue weighted by atomic mass is 35.5. The highest BCUT2D eigenvalue weighted by Gasteiger charge is 2.42. The third-order valence-corrected chi connectivity index (χ3v) is 6.33. The van der Waals surface area contributed by atoms with E-state index in [-0.39, 0.29) is 5.60 Å². The van der Waals surface area contributed by atoms with Gasteiger partial charge in [-0.1, -0.05) is 11.6 Å². The topological polar surface area (TPSA) is 50.3 Å². The number of anilines is 1. The molecule has 25 heavy (non-hydrogen) atoms. The number of hydrogen-bond donors (Lipinski definition) is 1. The molecule has 3 heterocycles. The van der Waals surface area contributed by atoms with Crippen molar-refractivity contribution in [1.82, 2.24) is 15.1 Å². The molecule has 0 radical (unpaired) electrons. The molecular formula is C19H29ClN4O. The van der Waals surface area contributed by atoms with Gasteiger partial charge in [-0.2, -0.15) is 0 Å². The van der Waals surface area contributed by atoms with Crippen molar-refractivity contribution < 1.29 is 4.74 Å². The van der Waals surface area contributed by atoms with Crippen molar-refractivity contribution >= 4 is 17.4 Å². The normalized spacial score (nSPS) is 34.8. The SMILES string of the molecule is CC1(C)CC(CN2CC3C[C@@H](Nc4ccc(Cl)nn4)C[C@@H]3C2)CCO1. The summed E-state index contributed by atoms with van der Waals surface area (Å²) in [6.07, 6.45) is 4.89. The van der Waals surface area contributed by atoms with Gasteiger partial charge in [-0.3, -0.25) is 0 Å². The van der Waals surface area contributed by atoms with Crippen molar-refractivity contribution in [2.45, 2.75) is 51.2 Å². The average Bonchev–Trinajstić information content (AvgIpc) is 3.06. The summed E-state index contributed by atoms with van der Waals surface area (Å²) in [5.74, 6) is 3.28. The number of nitrogens with one attached hydrogen (secondary N) is 1. The van der Waals surface area contributed by atoms with Gasteiger partial charge in [0.1, 0.15) is 5.82 Å². The van der Waals surface area contributed by atoms with E-state index in [1.807, 2.05) is 6.07 Å². The van der Waals surface area contributed by atoms with Crippen LogP contribution in [-0.4, -0.2) is 53.0 Å². The Kier molecular flexibility index (Phi) is 4.91. The lowest BCUT2D eigenvalue weighted by atomic mass is 9.88. The Balaban J connectivity index is 1.25. The van der Waals surface area contributed by atoms with E-state index in [0.717, 1.165) is 30.2 Å². The zero-order chi connectivity index (χ0) is 17.4. The van der Waals surface area contributed by atoms with Gasteiger partial charge >= 0.3 is 0 Å². The fraction of sp³-hybridized carbons (Fsp3) is 0.789. The third-order valence-electron chi connectivity index (χ3n) is 6.13. The van der Waals surface area contributed by atoms with Gasteiger partial charge in [0.05, 0.1) is 5.60 Å². The maximum atomic E-state index is 5.87. The molecule has 1 saturated carbocycles. The molecule has 0 aromatic carbocycles. The minimum Gasteiger partial charge on any atom is -0.376 e. The number of halogens is 1. The predicted molar refractivity (Wildman–Crippen MR) is 99.9 cm³/mol. The molecule has 4 rings (SSSR count). The van der Waals surface area contributed by atoms with E-state index in [2.05, 4.69) is 34.3 Å². The van der Waals surface area contributed by atoms with Crippen LogP contribution in [0.5, 0.6) is 0 Å². The predicted octanol–water partition coefficient (Wildman–Crippen LogP) is 3.46. The lowest BCUT2D eigenvalue weighted by molar-refractivity contribution is -0.0762. The van der Waals surface area contributed by atoms with E-state index in [0.29, 0.717) is 11.2 Å². The summed E-state index contributed by atoms with van der Waals surface area (Å²) >= 11 is 5.81. The molecule has 1 aliphatic carbocycles. The Morgan fingerprint density at radius 1 is 1.24 bits per heavy atom. The number of nitrogens with zero attached hydrogens (tertiary/aromatic N) is 3. The first kappa shape index (κ1) is 17.5. The van der Waals surface area contributed by atoms with Crippen LogP contribution < -0.4 is 5.32 Å². The summed E-state index contributed by atoms with van der Waals surface area (Å²) < 4.78 is 5.87. The number of fused-ring (bicyclic) bond motifs is 1. The van der Waals surface area contributed by atoms with Crippen LogP contribution in [0.15, 0.2) is 12.1 Å². The van der Waals surface area contributed by atoms with Crippen LogP contribution in [0.2, 0.25) is 5.15 Å². The maximum Gasteiger partial charge on any atom is 0.151 e. The molecule has 3 aliphatic rings. The zero-order valence-corrected chi connectivity index (χ0v) is 16.0. The van der Waals surface area contributed by atoms with Gasteiger partial charge in [-0.25, -0.2) is 0 Å². The van der Waals surface area contributed by atoms with Gasteiger partial charge in [-0.15, -0.1) is 10.2 Å². The Bertz CT molecular complexity index is 580. The van der Waals surface area contributed by atoms with Crippen LogP contribution in [0.25, 0.3) is 0 Å². The largest absolute Gasteiger partial charge is 0.376 e. The molecule has 138 valence electrons. The zero-order valence-electron chi connectivity index (χ0n) is 15.2. The maximum absolute atomic E-state index is 5.87. The van der Waals surface area contributed by atoms with E-state index >= 15 is 0 Å². The fourth-order valence-electron chi connectivity index (χ4n) is 5.15. The quantitative estimate of drug-likeness (QED) is 0.886. The van der Waals surface area contributed by atoms with Crippen LogP contribution in [0.1, 0.15) is 39.5 Å². The van der Waals surface area contributed by atoms with E-state index in [4.69, 9.17) is 16.3 Å². The average molecular weight is 365 g/mol. The molecular weight excluding hydrogens is 336 g/mol. The summed E-state index contributed by atoms with van der Waals surface area (Å²) in [5, 5.41) is 12.0. The molecule has 6 heteroatoms. The summed E-state index contributed by atoms with van der Waals surface area (Å²) in [7, 11) is 0. The minimum absolute atomic E-state index is 0.0626. The monoisotopic (exact) mass is 364 g/mol. The lowest BCUT2D eigenvalue weighted by Gasteiger charge is -2.37. The Hall–Kier alpha value is -0.910. The number of aromatic nitrogens is 2. The molecule has 1 aromatic rings. The molecule has 0 bridgehead atoms. The van der Waals surface area contributed by atoms with E-state index < -0.39 is 0 Å². The second kappa shape index (κ2) is 7.01. The van der Waals surface area contributed by atoms with Crippen molar-refractivity contribution in [2.24, 2.45) is 17.8 Å². The van der Waals surface area contributed by atoms with Gasteiger partial charge in [0.25, 0.3) is 0 Å². The van der Waals surface area contributed by atoms with Crippen LogP contribution in [0.3, 0.4) is 0 Å². The van der Waals surface area contributed by atoms with Gasteiger partial charge in [0.15, 0.2) is 5.15 Å². The molecule has 2 aliphatic heterocycles. The van der Waals surface area contributed by atoms with Crippen molar-refractivity contribution in [2.75, 3.05) is 31.6 Å². The summed E-state index contributed by atoms with van der Waals surface area (Å²) in [6.45, 7) is 9.15. The Morgan fingerprint density at radius 2 is 2.00 bits per heavy atom. The van der Waals surface area contributed by atoms with E-state index in [1.165, 1.54) is 45.3 Å². The first-order chi connectivity index (χ1) is 12.0. The summed E-state index contributed by atoms with van der Waals surface area (Å²) in [6, 6.07) is 4.24. The highest BCUT2D eigenvalue weighted by molar-refractivity contribution is 6.29. The number of likely N-dealkylation sites (tertiary alicyclic amines) is 1. The Labute approximate surface area is 155 Å². The van der Waals surface area contributed by atoms with Crippen molar-refractivity contribution in [1.29, 1.82) is 0 Å². The third kappa shape index (κ3) is 4.26. The van der Waals surface area contributed by atoms with Gasteiger partial charge in [0, 0.05) is 32.3 Å². The second-order valence-corrected chi connectivity index (χ2v) is 9.15. The van der Waals surface area contributed by atoms with Crippen molar-refractivity contribution in [3.63, 3.8) is 0 Å². The van der Waals surface area contributed by atoms with Gasteiger partial charge < -0.3 is 15.0 Å². The van der Waals surface area contributed by atoms with Crippen molar-refractivity contribution in [3.8, 4) is 0 Å². The molecule has 0 amide bonds. The number of ether oxygens (including phenoxy) is 1. The van der Waals surface area contributed by atoms with Crippen molar-refractivity contribution in [3.05, 3.63) is 17.3 Å². The van der Waals surface area contributed by atoms with Crippen LogP contribution in [0, 0.1) is 17.8 Å². The molecule has 1 N–H and O–H groups in total. The Morgan fingerprint density at radius 3 is 2.64 bits per heavy atom. The molecule has 5 nitrogen and oxygen atoms in total. The van der Waals surface area contributed by atoms with E-state index in [9.17, 15) is 0 Å². The fourth-order valence-corrected chi connectivity index (χ4v) is 5.25. The molecule has 4 atom stereocenters. The molecule has 2 saturated heterocycles. The highest BCUT2D eigenvalue weighted by Crippen LogP contribution is 2.40. The second-order valence-electron chi connectivity index (χ2n) is 8.76. The van der Waals surface area contributed by atoms with Gasteiger partial charge in [-0.05, 0) is 69.4 Å².